The van der Waals surface area contributed by atoms with Crippen LogP contribution in [0.25, 0.3) is 0 Å². The third-order valence-electron chi connectivity index (χ3n) is 3.67. The maximum atomic E-state index is 10.2. The van der Waals surface area contributed by atoms with Gasteiger partial charge in [-0.1, -0.05) is 6.07 Å². The van der Waals surface area contributed by atoms with E-state index in [0.29, 0.717) is 23.5 Å². The minimum absolute atomic E-state index is 0.0794. The molecule has 3 rings (SSSR count). The molecule has 1 aliphatic carbocycles. The quantitative estimate of drug-likeness (QED) is 0.869. The van der Waals surface area contributed by atoms with Crippen molar-refractivity contribution in [2.75, 3.05) is 6.61 Å². The number of aryl methyl sites for hydroxylation is 1. The topological polar surface area (TPSA) is 65.6 Å². The van der Waals surface area contributed by atoms with Crippen molar-refractivity contribution in [1.82, 2.24) is 0 Å². The Morgan fingerprint density at radius 1 is 1.45 bits per heavy atom. The number of fused-ring (bicyclic) bond motifs is 1. The van der Waals surface area contributed by atoms with Crippen LogP contribution in [-0.2, 0) is 12.8 Å². The molecule has 5 heteroatoms. The molecule has 1 aromatic heterocycles. The van der Waals surface area contributed by atoms with E-state index in [1.54, 1.807) is 29.7 Å². The van der Waals surface area contributed by atoms with Gasteiger partial charge in [-0.3, -0.25) is 0 Å². The van der Waals surface area contributed by atoms with Crippen LogP contribution in [0.15, 0.2) is 23.2 Å². The molecule has 4 nitrogen and oxygen atoms in total. The van der Waals surface area contributed by atoms with Crippen molar-refractivity contribution in [3.8, 4) is 17.6 Å². The molecule has 0 radical (unpaired) electrons. The highest BCUT2D eigenvalue weighted by Crippen LogP contribution is 2.40. The Hall–Kier alpha value is -2.32. The summed E-state index contributed by atoms with van der Waals surface area (Å²) in [7, 11) is 0. The van der Waals surface area contributed by atoms with Crippen LogP contribution in [0.3, 0.4) is 0 Å². The number of rotatable bonds is 4. The summed E-state index contributed by atoms with van der Waals surface area (Å²) in [5.41, 5.74) is 2.43. The van der Waals surface area contributed by atoms with Crippen LogP contribution in [-0.4, -0.2) is 17.9 Å². The number of aromatic hydroxyl groups is 1. The molecule has 0 spiro atoms. The molecule has 1 heterocycles. The van der Waals surface area contributed by atoms with Gasteiger partial charge >= 0.3 is 0 Å². The first-order chi connectivity index (χ1) is 10.7. The summed E-state index contributed by atoms with van der Waals surface area (Å²) in [6.45, 7) is 2.36. The van der Waals surface area contributed by atoms with Gasteiger partial charge < -0.3 is 9.84 Å². The second kappa shape index (κ2) is 6.20. The van der Waals surface area contributed by atoms with Crippen molar-refractivity contribution >= 4 is 22.6 Å². The largest absolute Gasteiger partial charge is 0.504 e. The summed E-state index contributed by atoms with van der Waals surface area (Å²) >= 11 is 1.58. The Labute approximate surface area is 133 Å². The Bertz CT molecular complexity index is 772. The fraction of sp³-hybridized carbons (Fsp3) is 0.294. The number of nitrogens with zero attached hydrogens (tertiary/aromatic N) is 2. The average Bonchev–Trinajstić information content (AvgIpc) is 3.08. The number of benzene rings is 1. The highest BCUT2D eigenvalue weighted by molar-refractivity contribution is 7.16. The molecule has 0 saturated carbocycles. The van der Waals surface area contributed by atoms with Crippen LogP contribution < -0.4 is 4.74 Å². The number of aliphatic imine (C=N–C) groups is 1. The maximum absolute atomic E-state index is 10.2. The fourth-order valence-corrected chi connectivity index (χ4v) is 3.82. The maximum Gasteiger partial charge on any atom is 0.166 e. The SMILES string of the molecule is CCOc1cccc(C=Nc2sc3c(c2C#N)CCC3)c1O. The molecular formula is C17H16N2O2S. The first-order valence-electron chi connectivity index (χ1n) is 7.28. The zero-order valence-electron chi connectivity index (χ0n) is 12.3. The summed E-state index contributed by atoms with van der Waals surface area (Å²) in [4.78, 5) is 5.70. The zero-order valence-corrected chi connectivity index (χ0v) is 13.1. The van der Waals surface area contributed by atoms with Crippen molar-refractivity contribution in [3.63, 3.8) is 0 Å². The summed E-state index contributed by atoms with van der Waals surface area (Å²) in [6, 6.07) is 7.57. The Morgan fingerprint density at radius 2 is 2.32 bits per heavy atom. The molecular weight excluding hydrogens is 296 g/mol. The zero-order chi connectivity index (χ0) is 15.5. The molecule has 0 amide bonds. The molecule has 0 bridgehead atoms. The van der Waals surface area contributed by atoms with Crippen molar-refractivity contribution in [1.29, 1.82) is 5.26 Å². The molecule has 1 N–H and O–H groups in total. The second-order valence-electron chi connectivity index (χ2n) is 5.03. The van der Waals surface area contributed by atoms with E-state index in [4.69, 9.17) is 4.74 Å². The summed E-state index contributed by atoms with van der Waals surface area (Å²) in [5.74, 6) is 0.524. The molecule has 0 aliphatic heterocycles. The van der Waals surface area contributed by atoms with E-state index in [9.17, 15) is 10.4 Å². The number of hydrogen-bond donors (Lipinski definition) is 1. The molecule has 1 aliphatic rings. The number of nitriles is 1. The highest BCUT2D eigenvalue weighted by Gasteiger charge is 2.21. The molecule has 0 fully saturated rings. The molecule has 0 unspecified atom stereocenters. The van der Waals surface area contributed by atoms with Crippen molar-refractivity contribution in [2.45, 2.75) is 26.2 Å². The lowest BCUT2D eigenvalue weighted by molar-refractivity contribution is 0.318. The van der Waals surface area contributed by atoms with Gasteiger partial charge in [-0.15, -0.1) is 11.3 Å². The first-order valence-corrected chi connectivity index (χ1v) is 8.09. The lowest BCUT2D eigenvalue weighted by Crippen LogP contribution is -1.93. The monoisotopic (exact) mass is 312 g/mol. The summed E-state index contributed by atoms with van der Waals surface area (Å²) in [5, 5.41) is 20.2. The number of phenols is 1. The predicted octanol–water partition coefficient (Wildman–Crippen LogP) is 3.96. The van der Waals surface area contributed by atoms with Gasteiger partial charge in [-0.25, -0.2) is 4.99 Å². The number of phenolic OH excluding ortho intramolecular Hbond substituents is 1. The average molecular weight is 312 g/mol. The van der Waals surface area contributed by atoms with Crippen LogP contribution >= 0.6 is 11.3 Å². The molecule has 0 saturated heterocycles. The minimum Gasteiger partial charge on any atom is -0.504 e. The lowest BCUT2D eigenvalue weighted by Gasteiger charge is -2.06. The minimum atomic E-state index is 0.0794. The third-order valence-corrected chi connectivity index (χ3v) is 4.87. The van der Waals surface area contributed by atoms with Crippen LogP contribution in [0.1, 0.15) is 34.9 Å². The summed E-state index contributed by atoms with van der Waals surface area (Å²) < 4.78 is 5.36. The Morgan fingerprint density at radius 3 is 3.09 bits per heavy atom. The predicted molar refractivity (Wildman–Crippen MR) is 87.6 cm³/mol. The van der Waals surface area contributed by atoms with Crippen LogP contribution in [0, 0.1) is 11.3 Å². The molecule has 112 valence electrons. The van der Waals surface area contributed by atoms with E-state index in [1.807, 2.05) is 13.0 Å². The van der Waals surface area contributed by atoms with E-state index in [-0.39, 0.29) is 5.75 Å². The van der Waals surface area contributed by atoms with Gasteiger partial charge in [-0.05, 0) is 43.9 Å². The van der Waals surface area contributed by atoms with Crippen molar-refractivity contribution in [3.05, 3.63) is 39.8 Å². The number of thiophene rings is 1. The highest BCUT2D eigenvalue weighted by atomic mass is 32.1. The van der Waals surface area contributed by atoms with Gasteiger partial charge in [0.15, 0.2) is 11.5 Å². The fourth-order valence-electron chi connectivity index (χ4n) is 2.64. The first kappa shape index (κ1) is 14.6. The van der Waals surface area contributed by atoms with Gasteiger partial charge in [0.25, 0.3) is 0 Å². The van der Waals surface area contributed by atoms with Crippen molar-refractivity contribution < 1.29 is 9.84 Å². The van der Waals surface area contributed by atoms with Crippen LogP contribution in [0.4, 0.5) is 5.00 Å². The van der Waals surface area contributed by atoms with E-state index in [0.717, 1.165) is 29.8 Å². The van der Waals surface area contributed by atoms with Gasteiger partial charge in [0.2, 0.25) is 0 Å². The number of para-hydroxylation sites is 1. The van der Waals surface area contributed by atoms with Crippen molar-refractivity contribution in [2.24, 2.45) is 4.99 Å². The van der Waals surface area contributed by atoms with E-state index in [1.165, 1.54) is 4.88 Å². The van der Waals surface area contributed by atoms with Crippen LogP contribution in [0.2, 0.25) is 0 Å². The summed E-state index contributed by atoms with van der Waals surface area (Å²) in [6.07, 6.45) is 4.72. The van der Waals surface area contributed by atoms with E-state index >= 15 is 0 Å². The van der Waals surface area contributed by atoms with E-state index < -0.39 is 0 Å². The standard InChI is InChI=1S/C17H16N2O2S/c1-2-21-14-7-3-5-11(16(14)20)10-19-17-13(9-18)12-6-4-8-15(12)22-17/h3,5,7,10,20H,2,4,6,8H2,1H3. The van der Waals surface area contributed by atoms with Gasteiger partial charge in [0.1, 0.15) is 11.1 Å². The van der Waals surface area contributed by atoms with Gasteiger partial charge in [-0.2, -0.15) is 5.26 Å². The molecule has 1 aromatic carbocycles. The normalized spacial score (nSPS) is 13.3. The Kier molecular flexibility index (Phi) is 4.12. The number of ether oxygens (including phenoxy) is 1. The second-order valence-corrected chi connectivity index (χ2v) is 6.12. The smallest absolute Gasteiger partial charge is 0.166 e. The van der Waals surface area contributed by atoms with Crippen LogP contribution in [0.5, 0.6) is 11.5 Å². The number of hydrogen-bond acceptors (Lipinski definition) is 5. The Balaban J connectivity index is 1.93. The molecule has 22 heavy (non-hydrogen) atoms. The molecule has 2 aromatic rings. The van der Waals surface area contributed by atoms with E-state index in [2.05, 4.69) is 11.1 Å². The molecule has 0 atom stereocenters. The third kappa shape index (κ3) is 2.58. The lowest BCUT2D eigenvalue weighted by atomic mass is 10.1. The van der Waals surface area contributed by atoms with Gasteiger partial charge in [0, 0.05) is 16.7 Å². The van der Waals surface area contributed by atoms with Gasteiger partial charge in [0.05, 0.1) is 12.2 Å².